The molecule has 2 nitrogen and oxygen atoms in total. The highest BCUT2D eigenvalue weighted by atomic mass is 127. The minimum Gasteiger partial charge on any atom is -1.00 e. The van der Waals surface area contributed by atoms with E-state index in [0.717, 1.165) is 19.4 Å². The van der Waals surface area contributed by atoms with Crippen LogP contribution in [-0.4, -0.2) is 42.6 Å². The van der Waals surface area contributed by atoms with Crippen molar-refractivity contribution in [3.05, 3.63) is 0 Å². The molecule has 0 bridgehead atoms. The predicted molar refractivity (Wildman–Crippen MR) is 37.1 cm³/mol. The van der Waals surface area contributed by atoms with Gasteiger partial charge >= 0.3 is 0 Å². The van der Waals surface area contributed by atoms with Crippen molar-refractivity contribution < 1.29 is 38.0 Å². The molecule has 0 spiro atoms. The summed E-state index contributed by atoms with van der Waals surface area (Å²) in [6.07, 6.45) is 2.02. The van der Waals surface area contributed by atoms with Crippen LogP contribution in [0.15, 0.2) is 0 Å². The molecule has 1 heterocycles. The van der Waals surface area contributed by atoms with Gasteiger partial charge < -0.3 is 29.1 Å². The molecule has 0 aromatic heterocycles. The lowest BCUT2D eigenvalue weighted by atomic mass is 10.2. The van der Waals surface area contributed by atoms with Crippen LogP contribution in [0.5, 0.6) is 0 Å². The number of nitrogens with zero attached hydrogens (tertiary/aromatic N) is 1. The first-order chi connectivity index (χ1) is 4.73. The summed E-state index contributed by atoms with van der Waals surface area (Å²) in [6, 6.07) is 0.144. The van der Waals surface area contributed by atoms with E-state index in [0.29, 0.717) is 4.48 Å². The molecule has 0 aromatic carbocycles. The number of halogens is 2. The number of aliphatic hydroxyl groups is 1. The molecule has 1 fully saturated rings. The minimum atomic E-state index is -0.342. The standard InChI is InChI=1S/C7H15FNO.HI/c1-9(6-8)4-2-3-7(9)5-10;/h7,10H,2-6H2,1H3;1H/q+1;/p-1/t7-,9?;/m0./s1. The molecule has 1 aliphatic heterocycles. The van der Waals surface area contributed by atoms with Gasteiger partial charge in [-0.15, -0.1) is 0 Å². The number of aliphatic hydroxyl groups excluding tert-OH is 1. The average molecular weight is 275 g/mol. The van der Waals surface area contributed by atoms with Crippen LogP contribution in [0.2, 0.25) is 0 Å². The molecule has 4 heteroatoms. The van der Waals surface area contributed by atoms with Crippen molar-refractivity contribution in [3.8, 4) is 0 Å². The molecule has 68 valence electrons. The van der Waals surface area contributed by atoms with E-state index in [1.807, 2.05) is 7.05 Å². The van der Waals surface area contributed by atoms with Gasteiger partial charge in [-0.25, -0.2) is 0 Å². The lowest BCUT2D eigenvalue weighted by Crippen LogP contribution is -3.00. The number of quaternary nitrogens is 1. The van der Waals surface area contributed by atoms with Gasteiger partial charge in [0.05, 0.1) is 20.2 Å². The molecule has 1 aliphatic rings. The summed E-state index contributed by atoms with van der Waals surface area (Å²) >= 11 is 0. The zero-order valence-corrected chi connectivity index (χ0v) is 8.92. The highest BCUT2D eigenvalue weighted by Crippen LogP contribution is 2.23. The second-order valence-electron chi connectivity index (χ2n) is 3.30. The van der Waals surface area contributed by atoms with E-state index in [1.54, 1.807) is 0 Å². The second kappa shape index (κ2) is 4.57. The van der Waals surface area contributed by atoms with Gasteiger partial charge in [-0.05, 0) is 0 Å². The summed E-state index contributed by atoms with van der Waals surface area (Å²) in [5.41, 5.74) is 0. The Morgan fingerprint density at radius 1 is 1.64 bits per heavy atom. The van der Waals surface area contributed by atoms with E-state index in [9.17, 15) is 4.39 Å². The van der Waals surface area contributed by atoms with Crippen LogP contribution in [0.4, 0.5) is 4.39 Å². The van der Waals surface area contributed by atoms with E-state index >= 15 is 0 Å². The van der Waals surface area contributed by atoms with Gasteiger partial charge in [0.15, 0.2) is 0 Å². The minimum absolute atomic E-state index is 0. The van der Waals surface area contributed by atoms with Gasteiger partial charge in [0.1, 0.15) is 6.04 Å². The van der Waals surface area contributed by atoms with Crippen molar-refractivity contribution >= 4 is 0 Å². The van der Waals surface area contributed by atoms with Gasteiger partial charge in [0.25, 0.3) is 0 Å². The number of likely N-dealkylation sites (N-methyl/N-ethyl adjacent to an activating group) is 1. The topological polar surface area (TPSA) is 20.2 Å². The largest absolute Gasteiger partial charge is 1.00 e. The Morgan fingerprint density at radius 3 is 2.64 bits per heavy atom. The van der Waals surface area contributed by atoms with Crippen LogP contribution in [0.25, 0.3) is 0 Å². The van der Waals surface area contributed by atoms with Crippen LogP contribution in [0.1, 0.15) is 12.8 Å². The summed E-state index contributed by atoms with van der Waals surface area (Å²) < 4.78 is 12.8. The Bertz CT molecular complexity index is 125. The van der Waals surface area contributed by atoms with Crippen LogP contribution < -0.4 is 24.0 Å². The number of likely N-dealkylation sites (tertiary alicyclic amines) is 1. The zero-order valence-electron chi connectivity index (χ0n) is 6.76. The number of hydrogen-bond acceptors (Lipinski definition) is 1. The van der Waals surface area contributed by atoms with E-state index in [4.69, 9.17) is 5.11 Å². The summed E-state index contributed by atoms with van der Waals surface area (Å²) in [4.78, 5) is 0. The Labute approximate surface area is 84.0 Å². The van der Waals surface area contributed by atoms with Gasteiger partial charge in [-0.3, -0.25) is 4.48 Å². The zero-order chi connectivity index (χ0) is 7.61. The third-order valence-electron chi connectivity index (χ3n) is 2.57. The first kappa shape index (κ1) is 11.6. The fraction of sp³-hybridized carbons (Fsp3) is 1.00. The number of rotatable bonds is 2. The molecule has 11 heavy (non-hydrogen) atoms. The van der Waals surface area contributed by atoms with Crippen molar-refractivity contribution in [2.75, 3.05) is 27.0 Å². The Balaban J connectivity index is 0.000001000. The quantitative estimate of drug-likeness (QED) is 0.336. The molecule has 0 saturated carbocycles. The monoisotopic (exact) mass is 275 g/mol. The molecule has 1 saturated heterocycles. The lowest BCUT2D eigenvalue weighted by Gasteiger charge is -2.31. The predicted octanol–water partition coefficient (Wildman–Crippen LogP) is -2.48. The first-order valence-corrected chi connectivity index (χ1v) is 3.74. The SMILES string of the molecule is C[N+]1(CF)CCC[C@H]1CO.[I-]. The molecule has 1 unspecified atom stereocenters. The fourth-order valence-electron chi connectivity index (χ4n) is 1.63. The molecular formula is C7H15FINO. The molecular weight excluding hydrogens is 260 g/mol. The Morgan fingerprint density at radius 2 is 2.27 bits per heavy atom. The maximum absolute atomic E-state index is 12.4. The lowest BCUT2D eigenvalue weighted by molar-refractivity contribution is -0.933. The van der Waals surface area contributed by atoms with Gasteiger partial charge in [-0.2, -0.15) is 4.39 Å². The van der Waals surface area contributed by atoms with Crippen molar-refractivity contribution in [1.29, 1.82) is 0 Å². The third-order valence-corrected chi connectivity index (χ3v) is 2.57. The normalized spacial score (nSPS) is 36.8. The first-order valence-electron chi connectivity index (χ1n) is 3.74. The number of alkyl halides is 1. The highest BCUT2D eigenvalue weighted by molar-refractivity contribution is 4.64. The van der Waals surface area contributed by atoms with Crippen molar-refractivity contribution in [1.82, 2.24) is 0 Å². The molecule has 0 radical (unpaired) electrons. The molecule has 0 aromatic rings. The highest BCUT2D eigenvalue weighted by Gasteiger charge is 2.36. The van der Waals surface area contributed by atoms with Gasteiger partial charge in [0, 0.05) is 12.8 Å². The smallest absolute Gasteiger partial charge is 0.222 e. The van der Waals surface area contributed by atoms with Crippen LogP contribution in [0, 0.1) is 0 Å². The van der Waals surface area contributed by atoms with E-state index in [2.05, 4.69) is 0 Å². The average Bonchev–Trinajstić information content (AvgIpc) is 2.32. The number of hydrogen-bond donors (Lipinski definition) is 1. The summed E-state index contributed by atoms with van der Waals surface area (Å²) in [5, 5.41) is 8.85. The summed E-state index contributed by atoms with van der Waals surface area (Å²) in [6.45, 7) is 0.660. The maximum Gasteiger partial charge on any atom is 0.222 e. The van der Waals surface area contributed by atoms with Gasteiger partial charge in [0.2, 0.25) is 6.80 Å². The third kappa shape index (κ3) is 2.26. The van der Waals surface area contributed by atoms with E-state index in [-0.39, 0.29) is 43.4 Å². The van der Waals surface area contributed by atoms with Crippen LogP contribution in [0.3, 0.4) is 0 Å². The molecule has 1 N–H and O–H groups in total. The maximum atomic E-state index is 12.4. The molecule has 1 rings (SSSR count). The Kier molecular flexibility index (Phi) is 4.81. The molecule has 0 amide bonds. The Hall–Kier alpha value is 0.580. The van der Waals surface area contributed by atoms with Gasteiger partial charge in [-0.1, -0.05) is 0 Å². The van der Waals surface area contributed by atoms with Crippen molar-refractivity contribution in [3.63, 3.8) is 0 Å². The van der Waals surface area contributed by atoms with Crippen LogP contribution >= 0.6 is 0 Å². The van der Waals surface area contributed by atoms with Crippen molar-refractivity contribution in [2.24, 2.45) is 0 Å². The fourth-order valence-corrected chi connectivity index (χ4v) is 1.63. The van der Waals surface area contributed by atoms with Crippen molar-refractivity contribution in [2.45, 2.75) is 18.9 Å². The van der Waals surface area contributed by atoms with E-state index < -0.39 is 0 Å². The summed E-state index contributed by atoms with van der Waals surface area (Å²) in [7, 11) is 1.87. The summed E-state index contributed by atoms with van der Waals surface area (Å²) in [5.74, 6) is 0. The molecule has 2 atom stereocenters. The second-order valence-corrected chi connectivity index (χ2v) is 3.30. The van der Waals surface area contributed by atoms with E-state index in [1.165, 1.54) is 0 Å². The van der Waals surface area contributed by atoms with Crippen LogP contribution in [-0.2, 0) is 0 Å². The molecule has 0 aliphatic carbocycles.